The second kappa shape index (κ2) is 7.16. The monoisotopic (exact) mass is 426 g/mol. The summed E-state index contributed by atoms with van der Waals surface area (Å²) in [5.74, 6) is 2.44. The molecule has 1 aliphatic heterocycles. The zero-order valence-corrected chi connectivity index (χ0v) is 16.6. The molecule has 0 aliphatic carbocycles. The Morgan fingerprint density at radius 2 is 1.78 bits per heavy atom. The van der Waals surface area contributed by atoms with Crippen LogP contribution in [0.25, 0.3) is 0 Å². The van der Waals surface area contributed by atoms with Crippen LogP contribution in [0, 0.1) is 0 Å². The van der Waals surface area contributed by atoms with Gasteiger partial charge < -0.3 is 19.3 Å². The van der Waals surface area contributed by atoms with E-state index >= 15 is 0 Å². The minimum absolute atomic E-state index is 0.101. The number of fused-ring (bicyclic) bond motifs is 2. The predicted octanol–water partition coefficient (Wildman–Crippen LogP) is 5.24. The number of aromatic hydroxyl groups is 1. The number of methoxy groups -OCH3 is 2. The van der Waals surface area contributed by atoms with Crippen molar-refractivity contribution in [3.63, 3.8) is 0 Å². The molecular formula is C22H19BrO4. The Morgan fingerprint density at radius 3 is 2.48 bits per heavy atom. The average molecular weight is 427 g/mol. The summed E-state index contributed by atoms with van der Waals surface area (Å²) in [4.78, 5) is 0. The van der Waals surface area contributed by atoms with Gasteiger partial charge in [0, 0.05) is 33.1 Å². The second-order valence-corrected chi connectivity index (χ2v) is 7.31. The van der Waals surface area contributed by atoms with Crippen molar-refractivity contribution in [2.75, 3.05) is 14.2 Å². The van der Waals surface area contributed by atoms with Gasteiger partial charge in [-0.2, -0.15) is 0 Å². The highest BCUT2D eigenvalue weighted by Crippen LogP contribution is 2.47. The number of hydrogen-bond donors (Lipinski definition) is 1. The highest BCUT2D eigenvalue weighted by molar-refractivity contribution is 9.10. The van der Waals surface area contributed by atoms with Crippen LogP contribution in [-0.4, -0.2) is 19.3 Å². The lowest BCUT2D eigenvalue weighted by molar-refractivity contribution is 0.305. The maximum atomic E-state index is 9.74. The van der Waals surface area contributed by atoms with Crippen LogP contribution in [0.1, 0.15) is 28.2 Å². The summed E-state index contributed by atoms with van der Waals surface area (Å²) in [6, 6.07) is 17.2. The minimum atomic E-state index is -0.101. The smallest absolute Gasteiger partial charge is 0.127 e. The van der Waals surface area contributed by atoms with Crippen LogP contribution in [-0.2, 0) is 6.61 Å². The molecule has 0 fully saturated rings. The van der Waals surface area contributed by atoms with Crippen molar-refractivity contribution in [1.29, 1.82) is 0 Å². The summed E-state index contributed by atoms with van der Waals surface area (Å²) >= 11 is 3.58. The molecule has 1 aliphatic rings. The van der Waals surface area contributed by atoms with Gasteiger partial charge in [0.2, 0.25) is 0 Å². The highest BCUT2D eigenvalue weighted by atomic mass is 79.9. The summed E-state index contributed by atoms with van der Waals surface area (Å²) in [6.07, 6.45) is 0. The van der Waals surface area contributed by atoms with Gasteiger partial charge in [-0.15, -0.1) is 0 Å². The molecule has 4 rings (SSSR count). The molecule has 27 heavy (non-hydrogen) atoms. The molecular weight excluding hydrogens is 408 g/mol. The summed E-state index contributed by atoms with van der Waals surface area (Å²) < 4.78 is 18.3. The van der Waals surface area contributed by atoms with Gasteiger partial charge >= 0.3 is 0 Å². The van der Waals surface area contributed by atoms with E-state index in [-0.39, 0.29) is 11.7 Å². The Kier molecular flexibility index (Phi) is 4.70. The van der Waals surface area contributed by atoms with Gasteiger partial charge in [0.1, 0.15) is 29.6 Å². The molecule has 0 bridgehead atoms. The molecule has 1 unspecified atom stereocenters. The normalized spacial score (nSPS) is 15.1. The van der Waals surface area contributed by atoms with E-state index in [1.807, 2.05) is 36.4 Å². The van der Waals surface area contributed by atoms with Gasteiger partial charge in [0.25, 0.3) is 0 Å². The molecule has 5 heteroatoms. The lowest BCUT2D eigenvalue weighted by Gasteiger charge is -2.23. The first kappa shape index (κ1) is 17.7. The van der Waals surface area contributed by atoms with Gasteiger partial charge in [0.15, 0.2) is 0 Å². The molecule has 0 amide bonds. The van der Waals surface area contributed by atoms with E-state index in [2.05, 4.69) is 22.0 Å². The van der Waals surface area contributed by atoms with Crippen LogP contribution < -0.4 is 14.2 Å². The Balaban J connectivity index is 2.02. The molecule has 138 valence electrons. The molecule has 0 aromatic heterocycles. The predicted molar refractivity (Wildman–Crippen MR) is 107 cm³/mol. The van der Waals surface area contributed by atoms with E-state index < -0.39 is 0 Å². The molecule has 1 N–H and O–H groups in total. The van der Waals surface area contributed by atoms with Gasteiger partial charge in [-0.25, -0.2) is 0 Å². The first-order valence-electron chi connectivity index (χ1n) is 8.56. The third-order valence-electron chi connectivity index (χ3n) is 4.84. The first-order chi connectivity index (χ1) is 13.1. The number of benzene rings is 3. The minimum Gasteiger partial charge on any atom is -0.508 e. The molecule has 4 nitrogen and oxygen atoms in total. The van der Waals surface area contributed by atoms with Crippen molar-refractivity contribution < 1.29 is 19.3 Å². The lowest BCUT2D eigenvalue weighted by Crippen LogP contribution is -2.07. The Morgan fingerprint density at radius 1 is 1.00 bits per heavy atom. The number of hydrogen-bond acceptors (Lipinski definition) is 4. The summed E-state index contributed by atoms with van der Waals surface area (Å²) in [5.41, 5.74) is 4.14. The van der Waals surface area contributed by atoms with E-state index in [9.17, 15) is 5.11 Å². The maximum absolute atomic E-state index is 9.74. The standard InChI is InChI=1S/C22H19BrO4/c1-25-17-9-14-12-27-19-8-5-15(23)10-18(19)21(22(14)20(11-17)26-2)13-3-6-16(24)7-4-13/h3-11,21,24H,12H2,1-2H3. The van der Waals surface area contributed by atoms with Gasteiger partial charge in [0.05, 0.1) is 14.2 Å². The lowest BCUT2D eigenvalue weighted by atomic mass is 9.82. The number of ether oxygens (including phenoxy) is 3. The zero-order valence-electron chi connectivity index (χ0n) is 15.0. The van der Waals surface area contributed by atoms with E-state index in [0.717, 1.165) is 44.0 Å². The van der Waals surface area contributed by atoms with E-state index in [4.69, 9.17) is 14.2 Å². The van der Waals surface area contributed by atoms with Gasteiger partial charge in [-0.3, -0.25) is 0 Å². The summed E-state index contributed by atoms with van der Waals surface area (Å²) in [7, 11) is 3.30. The largest absolute Gasteiger partial charge is 0.508 e. The Hall–Kier alpha value is -2.66. The fourth-order valence-corrected chi connectivity index (χ4v) is 3.97. The number of halogens is 1. The third-order valence-corrected chi connectivity index (χ3v) is 5.33. The third kappa shape index (κ3) is 3.23. The Bertz CT molecular complexity index is 982. The quantitative estimate of drug-likeness (QED) is 0.621. The first-order valence-corrected chi connectivity index (χ1v) is 9.36. The maximum Gasteiger partial charge on any atom is 0.127 e. The van der Waals surface area contributed by atoms with E-state index in [1.54, 1.807) is 26.4 Å². The van der Waals surface area contributed by atoms with Crippen LogP contribution in [0.5, 0.6) is 23.0 Å². The molecule has 0 saturated heterocycles. The van der Waals surface area contributed by atoms with Crippen molar-refractivity contribution in [2.24, 2.45) is 0 Å². The SMILES string of the molecule is COc1cc2c(c(OC)c1)C(c1ccc(O)cc1)c1cc(Br)ccc1OC2. The van der Waals surface area contributed by atoms with Crippen LogP contribution in [0.15, 0.2) is 59.1 Å². The molecule has 0 radical (unpaired) electrons. The Labute approximate surface area is 166 Å². The van der Waals surface area contributed by atoms with Crippen LogP contribution >= 0.6 is 15.9 Å². The van der Waals surface area contributed by atoms with Crippen LogP contribution in [0.4, 0.5) is 0 Å². The molecule has 0 spiro atoms. The average Bonchev–Trinajstić information content (AvgIpc) is 2.84. The van der Waals surface area contributed by atoms with Crippen molar-refractivity contribution in [2.45, 2.75) is 12.5 Å². The van der Waals surface area contributed by atoms with E-state index in [1.165, 1.54) is 0 Å². The van der Waals surface area contributed by atoms with Crippen molar-refractivity contribution in [1.82, 2.24) is 0 Å². The van der Waals surface area contributed by atoms with Crippen molar-refractivity contribution >= 4 is 15.9 Å². The topological polar surface area (TPSA) is 47.9 Å². The zero-order chi connectivity index (χ0) is 19.0. The fourth-order valence-electron chi connectivity index (χ4n) is 3.59. The summed E-state index contributed by atoms with van der Waals surface area (Å²) in [6.45, 7) is 0.423. The number of rotatable bonds is 3. The second-order valence-electron chi connectivity index (χ2n) is 6.40. The summed E-state index contributed by atoms with van der Waals surface area (Å²) in [5, 5.41) is 9.74. The molecule has 1 heterocycles. The van der Waals surface area contributed by atoms with Crippen molar-refractivity contribution in [3.8, 4) is 23.0 Å². The van der Waals surface area contributed by atoms with Crippen molar-refractivity contribution in [3.05, 3.63) is 81.3 Å². The molecule has 0 saturated carbocycles. The van der Waals surface area contributed by atoms with Crippen LogP contribution in [0.3, 0.4) is 0 Å². The van der Waals surface area contributed by atoms with Gasteiger partial charge in [-0.05, 0) is 42.0 Å². The fraction of sp³-hybridized carbons (Fsp3) is 0.182. The molecule has 1 atom stereocenters. The van der Waals surface area contributed by atoms with Gasteiger partial charge in [-0.1, -0.05) is 28.1 Å². The molecule has 3 aromatic rings. The number of phenols is 1. The van der Waals surface area contributed by atoms with E-state index in [0.29, 0.717) is 6.61 Å². The molecule has 3 aromatic carbocycles. The highest BCUT2D eigenvalue weighted by Gasteiger charge is 2.30. The number of phenolic OH excluding ortho intramolecular Hbond substituents is 1. The van der Waals surface area contributed by atoms with Crippen LogP contribution in [0.2, 0.25) is 0 Å².